The van der Waals surface area contributed by atoms with E-state index in [4.69, 9.17) is 9.47 Å². The monoisotopic (exact) mass is 223 g/mol. The minimum Gasteiger partial charge on any atom is -0.380 e. The van der Waals surface area contributed by atoms with Gasteiger partial charge in [0.2, 0.25) is 0 Å². The molecule has 1 unspecified atom stereocenters. The molecule has 0 aliphatic carbocycles. The van der Waals surface area contributed by atoms with Gasteiger partial charge in [0, 0.05) is 18.7 Å². The molecule has 3 saturated heterocycles. The standard InChI is InChI=1S/C13H21NO2/c1-2-15-10-13-4-3-5-14(13)7-11(6-13)12-8-16-9-12/h2-10H2,1H3. The molecule has 0 aromatic rings. The maximum absolute atomic E-state index is 5.71. The lowest BCUT2D eigenvalue weighted by molar-refractivity contribution is 0.0418. The molecule has 3 fully saturated rings. The first kappa shape index (κ1) is 10.8. The first-order chi connectivity index (χ1) is 7.84. The first-order valence-corrected chi connectivity index (χ1v) is 6.44. The molecule has 0 aromatic heterocycles. The molecule has 0 spiro atoms. The Hall–Kier alpha value is -0.380. The van der Waals surface area contributed by atoms with Gasteiger partial charge in [-0.15, -0.1) is 0 Å². The van der Waals surface area contributed by atoms with Crippen molar-refractivity contribution < 1.29 is 9.47 Å². The highest BCUT2D eigenvalue weighted by atomic mass is 16.5. The molecule has 0 aromatic carbocycles. The van der Waals surface area contributed by atoms with Gasteiger partial charge in [0.05, 0.1) is 19.8 Å². The molecule has 16 heavy (non-hydrogen) atoms. The predicted octanol–water partition coefficient (Wildman–Crippen LogP) is 1.59. The van der Waals surface area contributed by atoms with Crippen LogP contribution in [-0.2, 0) is 9.47 Å². The molecular formula is C13H21NO2. The summed E-state index contributed by atoms with van der Waals surface area (Å²) in [6, 6.07) is 0. The van der Waals surface area contributed by atoms with Crippen LogP contribution in [0.2, 0.25) is 0 Å². The zero-order chi connectivity index (χ0) is 11.0. The van der Waals surface area contributed by atoms with Crippen molar-refractivity contribution in [2.75, 3.05) is 39.5 Å². The third-order valence-electron chi connectivity index (χ3n) is 4.29. The molecule has 3 rings (SSSR count). The maximum atomic E-state index is 5.71. The normalized spacial score (nSPS) is 34.3. The Labute approximate surface area is 97.4 Å². The lowest BCUT2D eigenvalue weighted by Gasteiger charge is -2.31. The molecule has 3 aliphatic heterocycles. The second-order valence-corrected chi connectivity index (χ2v) is 5.26. The second kappa shape index (κ2) is 4.13. The van der Waals surface area contributed by atoms with Crippen molar-refractivity contribution in [2.24, 2.45) is 0 Å². The highest BCUT2D eigenvalue weighted by molar-refractivity contribution is 5.29. The second-order valence-electron chi connectivity index (χ2n) is 5.26. The quantitative estimate of drug-likeness (QED) is 0.678. The van der Waals surface area contributed by atoms with E-state index in [1.54, 1.807) is 11.1 Å². The molecule has 0 bridgehead atoms. The van der Waals surface area contributed by atoms with E-state index in [9.17, 15) is 0 Å². The van der Waals surface area contributed by atoms with Gasteiger partial charge in [-0.25, -0.2) is 0 Å². The Bertz CT molecular complexity index is 307. The van der Waals surface area contributed by atoms with E-state index in [1.165, 1.54) is 32.4 Å². The smallest absolute Gasteiger partial charge is 0.0706 e. The van der Waals surface area contributed by atoms with Crippen molar-refractivity contribution in [3.63, 3.8) is 0 Å². The Morgan fingerprint density at radius 2 is 2.25 bits per heavy atom. The first-order valence-electron chi connectivity index (χ1n) is 6.44. The average molecular weight is 223 g/mol. The van der Waals surface area contributed by atoms with Gasteiger partial charge >= 0.3 is 0 Å². The summed E-state index contributed by atoms with van der Waals surface area (Å²) in [4.78, 5) is 2.64. The van der Waals surface area contributed by atoms with Gasteiger partial charge < -0.3 is 9.47 Å². The molecule has 0 saturated carbocycles. The summed E-state index contributed by atoms with van der Waals surface area (Å²) >= 11 is 0. The fourth-order valence-electron chi connectivity index (χ4n) is 3.28. The molecule has 3 heterocycles. The Balaban J connectivity index is 1.75. The summed E-state index contributed by atoms with van der Waals surface area (Å²) in [7, 11) is 0. The van der Waals surface area contributed by atoms with E-state index in [0.29, 0.717) is 5.54 Å². The summed E-state index contributed by atoms with van der Waals surface area (Å²) in [6.45, 7) is 8.04. The van der Waals surface area contributed by atoms with E-state index in [2.05, 4.69) is 11.8 Å². The third kappa shape index (κ3) is 1.62. The van der Waals surface area contributed by atoms with Crippen LogP contribution in [0.4, 0.5) is 0 Å². The number of nitrogens with zero attached hydrogens (tertiary/aromatic N) is 1. The van der Waals surface area contributed by atoms with Crippen molar-refractivity contribution in [2.45, 2.75) is 31.7 Å². The summed E-state index contributed by atoms with van der Waals surface area (Å²) in [6.07, 6.45) is 3.88. The summed E-state index contributed by atoms with van der Waals surface area (Å²) in [5.41, 5.74) is 3.55. The number of ether oxygens (including phenoxy) is 2. The molecule has 3 aliphatic rings. The van der Waals surface area contributed by atoms with Gasteiger partial charge in [-0.2, -0.15) is 0 Å². The molecule has 0 radical (unpaired) electrons. The zero-order valence-electron chi connectivity index (χ0n) is 10.1. The van der Waals surface area contributed by atoms with Crippen molar-refractivity contribution in [3.05, 3.63) is 11.1 Å². The predicted molar refractivity (Wildman–Crippen MR) is 62.5 cm³/mol. The fourth-order valence-corrected chi connectivity index (χ4v) is 3.28. The van der Waals surface area contributed by atoms with Crippen LogP contribution in [0.25, 0.3) is 0 Å². The van der Waals surface area contributed by atoms with Crippen molar-refractivity contribution >= 4 is 0 Å². The third-order valence-corrected chi connectivity index (χ3v) is 4.29. The van der Waals surface area contributed by atoms with Gasteiger partial charge in [0.25, 0.3) is 0 Å². The van der Waals surface area contributed by atoms with Crippen LogP contribution in [0.3, 0.4) is 0 Å². The van der Waals surface area contributed by atoms with Gasteiger partial charge in [-0.1, -0.05) is 5.57 Å². The molecular weight excluding hydrogens is 202 g/mol. The van der Waals surface area contributed by atoms with E-state index in [1.807, 2.05) is 0 Å². The van der Waals surface area contributed by atoms with Crippen LogP contribution in [0.5, 0.6) is 0 Å². The zero-order valence-corrected chi connectivity index (χ0v) is 10.1. The number of rotatable bonds is 3. The summed E-state index contributed by atoms with van der Waals surface area (Å²) < 4.78 is 11.0. The van der Waals surface area contributed by atoms with Gasteiger partial charge in [-0.05, 0) is 38.3 Å². The highest BCUT2D eigenvalue weighted by Crippen LogP contribution is 2.43. The van der Waals surface area contributed by atoms with Crippen LogP contribution in [-0.4, -0.2) is 50.0 Å². The van der Waals surface area contributed by atoms with Crippen LogP contribution >= 0.6 is 0 Å². The molecule has 3 heteroatoms. The Kier molecular flexibility index (Phi) is 2.78. The Morgan fingerprint density at radius 3 is 2.94 bits per heavy atom. The maximum Gasteiger partial charge on any atom is 0.0706 e. The molecule has 1 atom stereocenters. The van der Waals surface area contributed by atoms with Gasteiger partial charge in [0.1, 0.15) is 0 Å². The highest BCUT2D eigenvalue weighted by Gasteiger charge is 2.47. The lowest BCUT2D eigenvalue weighted by atomic mass is 9.91. The molecule has 90 valence electrons. The summed E-state index contributed by atoms with van der Waals surface area (Å²) in [5, 5.41) is 0. The molecule has 0 amide bonds. The van der Waals surface area contributed by atoms with E-state index >= 15 is 0 Å². The number of hydrogen-bond acceptors (Lipinski definition) is 3. The van der Waals surface area contributed by atoms with Gasteiger partial charge in [-0.3, -0.25) is 4.90 Å². The Morgan fingerprint density at radius 1 is 1.38 bits per heavy atom. The van der Waals surface area contributed by atoms with Crippen LogP contribution in [0.1, 0.15) is 26.2 Å². The van der Waals surface area contributed by atoms with Crippen molar-refractivity contribution in [1.29, 1.82) is 0 Å². The summed E-state index contributed by atoms with van der Waals surface area (Å²) in [5.74, 6) is 0. The lowest BCUT2D eigenvalue weighted by Crippen LogP contribution is -2.42. The van der Waals surface area contributed by atoms with Crippen molar-refractivity contribution in [3.8, 4) is 0 Å². The number of hydrogen-bond donors (Lipinski definition) is 0. The van der Waals surface area contributed by atoms with Crippen LogP contribution in [0, 0.1) is 0 Å². The topological polar surface area (TPSA) is 21.7 Å². The average Bonchev–Trinajstić information content (AvgIpc) is 2.68. The van der Waals surface area contributed by atoms with Crippen LogP contribution < -0.4 is 0 Å². The van der Waals surface area contributed by atoms with E-state index < -0.39 is 0 Å². The van der Waals surface area contributed by atoms with Crippen molar-refractivity contribution in [1.82, 2.24) is 4.90 Å². The van der Waals surface area contributed by atoms with E-state index in [-0.39, 0.29) is 0 Å². The fraction of sp³-hybridized carbons (Fsp3) is 0.846. The van der Waals surface area contributed by atoms with E-state index in [0.717, 1.165) is 26.4 Å². The SMILES string of the molecule is CCOCC12CCCN1CC(=C1COC1)C2. The van der Waals surface area contributed by atoms with Crippen LogP contribution in [0.15, 0.2) is 11.1 Å². The largest absolute Gasteiger partial charge is 0.380 e. The molecule has 3 nitrogen and oxygen atoms in total. The minimum atomic E-state index is 0.341. The minimum absolute atomic E-state index is 0.341. The number of fused-ring (bicyclic) bond motifs is 1. The molecule has 0 N–H and O–H groups in total. The van der Waals surface area contributed by atoms with Gasteiger partial charge in [0.15, 0.2) is 0 Å².